The SMILES string of the molecule is c1ccn2c(-c3cncnc3)cnc2c1. The van der Waals surface area contributed by atoms with Crippen molar-refractivity contribution in [2.75, 3.05) is 0 Å². The van der Waals surface area contributed by atoms with Gasteiger partial charge < -0.3 is 0 Å². The standard InChI is InChI=1S/C11H8N4/c1-2-4-15-10(7-14-11(15)3-1)9-5-12-8-13-6-9/h1-8H. The van der Waals surface area contributed by atoms with Gasteiger partial charge in [-0.2, -0.15) is 0 Å². The van der Waals surface area contributed by atoms with Crippen molar-refractivity contribution in [1.82, 2.24) is 19.4 Å². The van der Waals surface area contributed by atoms with Gasteiger partial charge in [-0.05, 0) is 12.1 Å². The summed E-state index contributed by atoms with van der Waals surface area (Å²) in [6, 6.07) is 5.91. The van der Waals surface area contributed by atoms with Gasteiger partial charge in [-0.3, -0.25) is 4.40 Å². The third kappa shape index (κ3) is 1.27. The molecule has 0 aliphatic carbocycles. The minimum absolute atomic E-state index is 0.927. The molecule has 4 heteroatoms. The normalized spacial score (nSPS) is 10.7. The molecule has 72 valence electrons. The summed E-state index contributed by atoms with van der Waals surface area (Å²) in [5.74, 6) is 0. The fraction of sp³-hybridized carbons (Fsp3) is 0. The summed E-state index contributed by atoms with van der Waals surface area (Å²) < 4.78 is 2.01. The van der Waals surface area contributed by atoms with Crippen LogP contribution in [0.4, 0.5) is 0 Å². The van der Waals surface area contributed by atoms with Gasteiger partial charge in [0.05, 0.1) is 11.9 Å². The minimum atomic E-state index is 0.927. The van der Waals surface area contributed by atoms with Crippen LogP contribution in [0.3, 0.4) is 0 Å². The number of imidazole rings is 1. The van der Waals surface area contributed by atoms with Crippen molar-refractivity contribution >= 4 is 5.65 Å². The quantitative estimate of drug-likeness (QED) is 0.596. The van der Waals surface area contributed by atoms with Gasteiger partial charge in [-0.15, -0.1) is 0 Å². The van der Waals surface area contributed by atoms with Crippen LogP contribution in [0.1, 0.15) is 0 Å². The second-order valence-electron chi connectivity index (χ2n) is 3.20. The van der Waals surface area contributed by atoms with E-state index in [1.54, 1.807) is 12.4 Å². The van der Waals surface area contributed by atoms with E-state index in [1.165, 1.54) is 6.33 Å². The zero-order valence-electron chi connectivity index (χ0n) is 7.91. The Labute approximate surface area is 86.3 Å². The fourth-order valence-corrected chi connectivity index (χ4v) is 1.58. The molecule has 0 bridgehead atoms. The smallest absolute Gasteiger partial charge is 0.137 e. The van der Waals surface area contributed by atoms with Gasteiger partial charge in [-0.1, -0.05) is 6.07 Å². The summed E-state index contributed by atoms with van der Waals surface area (Å²) >= 11 is 0. The topological polar surface area (TPSA) is 43.1 Å². The second kappa shape index (κ2) is 3.16. The summed E-state index contributed by atoms with van der Waals surface area (Å²) in [5.41, 5.74) is 2.90. The van der Waals surface area contributed by atoms with Gasteiger partial charge in [0.15, 0.2) is 0 Å². The molecule has 0 unspecified atom stereocenters. The highest BCUT2D eigenvalue weighted by molar-refractivity contribution is 5.61. The lowest BCUT2D eigenvalue weighted by Crippen LogP contribution is -1.88. The first-order chi connectivity index (χ1) is 7.45. The Morgan fingerprint density at radius 1 is 1.00 bits per heavy atom. The molecule has 0 aliphatic rings. The van der Waals surface area contributed by atoms with E-state index < -0.39 is 0 Å². The Kier molecular flexibility index (Phi) is 1.71. The molecule has 3 rings (SSSR count). The molecule has 0 fully saturated rings. The van der Waals surface area contributed by atoms with Crippen molar-refractivity contribution in [2.24, 2.45) is 0 Å². The zero-order chi connectivity index (χ0) is 10.1. The van der Waals surface area contributed by atoms with Gasteiger partial charge >= 0.3 is 0 Å². The Morgan fingerprint density at radius 2 is 1.87 bits per heavy atom. The Balaban J connectivity index is 2.28. The van der Waals surface area contributed by atoms with Gasteiger partial charge in [0.25, 0.3) is 0 Å². The number of rotatable bonds is 1. The number of fused-ring (bicyclic) bond motifs is 1. The van der Waals surface area contributed by atoms with Gasteiger partial charge in [0.2, 0.25) is 0 Å². The van der Waals surface area contributed by atoms with Crippen LogP contribution in [0, 0.1) is 0 Å². The first-order valence-electron chi connectivity index (χ1n) is 4.62. The lowest BCUT2D eigenvalue weighted by molar-refractivity contribution is 1.14. The molecule has 0 saturated heterocycles. The number of nitrogens with zero attached hydrogens (tertiary/aromatic N) is 4. The molecule has 3 aromatic rings. The number of hydrogen-bond donors (Lipinski definition) is 0. The van der Waals surface area contributed by atoms with Crippen LogP contribution < -0.4 is 0 Å². The monoisotopic (exact) mass is 196 g/mol. The Hall–Kier alpha value is -2.23. The van der Waals surface area contributed by atoms with Crippen molar-refractivity contribution in [3.63, 3.8) is 0 Å². The summed E-state index contributed by atoms with van der Waals surface area (Å²) in [6.07, 6.45) is 8.89. The van der Waals surface area contributed by atoms with Crippen LogP contribution in [0.25, 0.3) is 16.9 Å². The van der Waals surface area contributed by atoms with Crippen LogP contribution in [0.5, 0.6) is 0 Å². The predicted octanol–water partition coefficient (Wildman–Crippen LogP) is 1.79. The maximum atomic E-state index is 4.30. The predicted molar refractivity (Wildman–Crippen MR) is 56.2 cm³/mol. The van der Waals surface area contributed by atoms with Crippen LogP contribution in [-0.2, 0) is 0 Å². The third-order valence-electron chi connectivity index (χ3n) is 2.27. The van der Waals surface area contributed by atoms with Crippen molar-refractivity contribution in [2.45, 2.75) is 0 Å². The van der Waals surface area contributed by atoms with E-state index in [9.17, 15) is 0 Å². The highest BCUT2D eigenvalue weighted by Gasteiger charge is 2.04. The molecule has 0 aromatic carbocycles. The van der Waals surface area contributed by atoms with Crippen LogP contribution in [0.15, 0.2) is 49.3 Å². The maximum Gasteiger partial charge on any atom is 0.137 e. The molecule has 0 spiro atoms. The molecular formula is C11H8N4. The molecule has 0 aliphatic heterocycles. The molecule has 0 saturated carbocycles. The van der Waals surface area contributed by atoms with E-state index in [1.807, 2.05) is 35.0 Å². The second-order valence-corrected chi connectivity index (χ2v) is 3.20. The van der Waals surface area contributed by atoms with E-state index >= 15 is 0 Å². The van der Waals surface area contributed by atoms with E-state index in [-0.39, 0.29) is 0 Å². The Morgan fingerprint density at radius 3 is 2.73 bits per heavy atom. The van der Waals surface area contributed by atoms with Crippen molar-refractivity contribution < 1.29 is 0 Å². The van der Waals surface area contributed by atoms with Crippen molar-refractivity contribution in [3.05, 3.63) is 49.3 Å². The number of aromatic nitrogens is 4. The van der Waals surface area contributed by atoms with Gasteiger partial charge in [0.1, 0.15) is 12.0 Å². The summed E-state index contributed by atoms with van der Waals surface area (Å²) in [5, 5.41) is 0. The largest absolute Gasteiger partial charge is 0.300 e. The first kappa shape index (κ1) is 8.11. The van der Waals surface area contributed by atoms with Crippen LogP contribution in [0.2, 0.25) is 0 Å². The molecule has 3 aromatic heterocycles. The summed E-state index contributed by atoms with van der Waals surface area (Å²) in [6.45, 7) is 0. The van der Waals surface area contributed by atoms with Gasteiger partial charge in [0, 0.05) is 24.2 Å². The average molecular weight is 196 g/mol. The minimum Gasteiger partial charge on any atom is -0.300 e. The first-order valence-corrected chi connectivity index (χ1v) is 4.62. The average Bonchev–Trinajstić information content (AvgIpc) is 2.74. The van der Waals surface area contributed by atoms with Crippen LogP contribution in [-0.4, -0.2) is 19.4 Å². The summed E-state index contributed by atoms with van der Waals surface area (Å²) in [7, 11) is 0. The fourth-order valence-electron chi connectivity index (χ4n) is 1.58. The third-order valence-corrected chi connectivity index (χ3v) is 2.27. The van der Waals surface area contributed by atoms with E-state index in [4.69, 9.17) is 0 Å². The molecule has 4 nitrogen and oxygen atoms in total. The van der Waals surface area contributed by atoms with Crippen molar-refractivity contribution in [3.8, 4) is 11.3 Å². The lowest BCUT2D eigenvalue weighted by Gasteiger charge is -1.99. The molecule has 3 heterocycles. The molecule has 15 heavy (non-hydrogen) atoms. The Bertz CT molecular complexity index is 586. The molecule has 0 radical (unpaired) electrons. The number of hydrogen-bond acceptors (Lipinski definition) is 3. The highest BCUT2D eigenvalue weighted by atomic mass is 15.0. The van der Waals surface area contributed by atoms with E-state index in [2.05, 4.69) is 15.0 Å². The number of pyridine rings is 1. The lowest BCUT2D eigenvalue weighted by atomic mass is 10.2. The summed E-state index contributed by atoms with van der Waals surface area (Å²) in [4.78, 5) is 12.3. The maximum absolute atomic E-state index is 4.30. The molecular weight excluding hydrogens is 188 g/mol. The van der Waals surface area contributed by atoms with Gasteiger partial charge in [-0.25, -0.2) is 15.0 Å². The van der Waals surface area contributed by atoms with Crippen LogP contribution >= 0.6 is 0 Å². The zero-order valence-corrected chi connectivity index (χ0v) is 7.91. The highest BCUT2D eigenvalue weighted by Crippen LogP contribution is 2.18. The van der Waals surface area contributed by atoms with E-state index in [0.717, 1.165) is 16.9 Å². The molecule has 0 N–H and O–H groups in total. The van der Waals surface area contributed by atoms with Crippen molar-refractivity contribution in [1.29, 1.82) is 0 Å². The molecule has 0 amide bonds. The van der Waals surface area contributed by atoms with E-state index in [0.29, 0.717) is 0 Å². The molecule has 0 atom stereocenters.